The lowest BCUT2D eigenvalue weighted by atomic mass is 9.80. The first kappa shape index (κ1) is 25.8. The molecule has 0 fully saturated rings. The predicted molar refractivity (Wildman–Crippen MR) is 151 cm³/mol. The molecular weight excluding hydrogens is 444 g/mol. The van der Waals surface area contributed by atoms with Crippen molar-refractivity contribution in [2.24, 2.45) is 0 Å². The van der Waals surface area contributed by atoms with Gasteiger partial charge in [0.15, 0.2) is 0 Å². The fraction of sp³-hybridized carbons (Fsp3) is 0.406. The second kappa shape index (κ2) is 10.4. The molecule has 2 aromatic rings. The van der Waals surface area contributed by atoms with Crippen LogP contribution in [0.4, 0.5) is 11.4 Å². The van der Waals surface area contributed by atoms with Crippen LogP contribution in [0.1, 0.15) is 64.5 Å². The summed E-state index contributed by atoms with van der Waals surface area (Å²) in [6, 6.07) is 17.6. The van der Waals surface area contributed by atoms with E-state index in [1.54, 1.807) is 0 Å². The van der Waals surface area contributed by atoms with Gasteiger partial charge in [0.1, 0.15) is 0 Å². The number of rotatable bonds is 9. The summed E-state index contributed by atoms with van der Waals surface area (Å²) in [5.41, 5.74) is 6.60. The zero-order valence-corrected chi connectivity index (χ0v) is 22.4. The van der Waals surface area contributed by atoms with Crippen molar-refractivity contribution in [3.05, 3.63) is 95.7 Å². The molecule has 1 atom stereocenters. The quantitative estimate of drug-likeness (QED) is 0.301. The molecule has 1 unspecified atom stereocenters. The molecule has 2 aliphatic heterocycles. The fourth-order valence-corrected chi connectivity index (χ4v) is 5.99. The predicted octanol–water partition coefficient (Wildman–Crippen LogP) is 7.22. The van der Waals surface area contributed by atoms with Crippen molar-refractivity contribution in [2.75, 3.05) is 23.4 Å². The Morgan fingerprint density at radius 2 is 1.56 bits per heavy atom. The van der Waals surface area contributed by atoms with Crippen LogP contribution < -0.4 is 9.80 Å². The maximum absolute atomic E-state index is 10.9. The number of carboxylic acids is 1. The summed E-state index contributed by atoms with van der Waals surface area (Å²) in [6.45, 7) is 10.2. The van der Waals surface area contributed by atoms with Gasteiger partial charge in [0.2, 0.25) is 0 Å². The molecule has 0 saturated carbocycles. The van der Waals surface area contributed by atoms with E-state index in [0.29, 0.717) is 0 Å². The molecule has 190 valence electrons. The van der Waals surface area contributed by atoms with Crippen LogP contribution in [-0.2, 0) is 15.6 Å². The number of hydrogen-bond acceptors (Lipinski definition) is 3. The number of likely N-dealkylation sites (N-methyl/N-ethyl adjacent to an activating group) is 1. The summed E-state index contributed by atoms with van der Waals surface area (Å²) < 4.78 is 0. The van der Waals surface area contributed by atoms with Gasteiger partial charge < -0.3 is 14.9 Å². The third-order valence-electron chi connectivity index (χ3n) is 7.98. The molecule has 4 nitrogen and oxygen atoms in total. The standard InChI is InChI=1S/C32H40N2O2/c1-31(2)24-16-11-13-18-26(24)33(5)28(31)20-8-6-9-21-29-32(3,4)25-17-12-14-19-27(25)34(29)23-15-7-10-22-30(35)36/h6,8-9,11-14,16-21,29H,7,10,15,22-23H2,1-5H3,(H,35,36)/b8-6+,21-9+,28-20+. The van der Waals surface area contributed by atoms with Crippen molar-refractivity contribution >= 4 is 17.3 Å². The number of hydrogen-bond donors (Lipinski definition) is 1. The van der Waals surface area contributed by atoms with Gasteiger partial charge >= 0.3 is 5.97 Å². The Hall–Kier alpha value is -3.27. The molecule has 0 radical (unpaired) electrons. The van der Waals surface area contributed by atoms with Gasteiger partial charge in [-0.25, -0.2) is 0 Å². The van der Waals surface area contributed by atoms with Gasteiger partial charge in [0.05, 0.1) is 6.04 Å². The van der Waals surface area contributed by atoms with Crippen molar-refractivity contribution in [1.29, 1.82) is 0 Å². The van der Waals surface area contributed by atoms with E-state index >= 15 is 0 Å². The van der Waals surface area contributed by atoms with Gasteiger partial charge in [0, 0.05) is 47.9 Å². The highest BCUT2D eigenvalue weighted by molar-refractivity contribution is 5.70. The average Bonchev–Trinajstić information content (AvgIpc) is 3.18. The van der Waals surface area contributed by atoms with Crippen molar-refractivity contribution in [3.8, 4) is 0 Å². The Morgan fingerprint density at radius 1 is 0.889 bits per heavy atom. The lowest BCUT2D eigenvalue weighted by Gasteiger charge is -2.32. The van der Waals surface area contributed by atoms with Gasteiger partial charge in [-0.3, -0.25) is 4.79 Å². The van der Waals surface area contributed by atoms with E-state index in [9.17, 15) is 4.79 Å². The smallest absolute Gasteiger partial charge is 0.303 e. The summed E-state index contributed by atoms with van der Waals surface area (Å²) in [6.07, 6.45) is 14.0. The van der Waals surface area contributed by atoms with Gasteiger partial charge in [0.25, 0.3) is 0 Å². The minimum absolute atomic E-state index is 0.00420. The first-order chi connectivity index (χ1) is 17.2. The number of nitrogens with zero attached hydrogens (tertiary/aromatic N) is 2. The Kier molecular flexibility index (Phi) is 7.44. The molecule has 2 aliphatic rings. The first-order valence-electron chi connectivity index (χ1n) is 13.1. The Morgan fingerprint density at radius 3 is 2.25 bits per heavy atom. The lowest BCUT2D eigenvalue weighted by molar-refractivity contribution is -0.137. The van der Waals surface area contributed by atoms with Crippen molar-refractivity contribution in [1.82, 2.24) is 0 Å². The molecule has 0 saturated heterocycles. The zero-order chi connectivity index (χ0) is 25.9. The maximum atomic E-state index is 10.9. The van der Waals surface area contributed by atoms with Gasteiger partial charge in [-0.2, -0.15) is 0 Å². The fourth-order valence-electron chi connectivity index (χ4n) is 5.99. The van der Waals surface area contributed by atoms with E-state index in [1.165, 1.54) is 28.2 Å². The van der Waals surface area contributed by atoms with Gasteiger partial charge in [-0.1, -0.05) is 94.8 Å². The molecule has 4 rings (SSSR count). The third-order valence-corrected chi connectivity index (χ3v) is 7.98. The third kappa shape index (κ3) is 4.86. The number of unbranched alkanes of at least 4 members (excludes halogenated alkanes) is 2. The van der Waals surface area contributed by atoms with Crippen LogP contribution in [0.3, 0.4) is 0 Å². The Labute approximate surface area is 216 Å². The number of carboxylic acid groups (broad SMARTS) is 1. The zero-order valence-electron chi connectivity index (χ0n) is 22.4. The van der Waals surface area contributed by atoms with E-state index < -0.39 is 5.97 Å². The number of anilines is 2. The van der Waals surface area contributed by atoms with Crippen molar-refractivity contribution in [3.63, 3.8) is 0 Å². The van der Waals surface area contributed by atoms with Crippen LogP contribution in [0.25, 0.3) is 0 Å². The van der Waals surface area contributed by atoms with E-state index in [2.05, 4.69) is 123 Å². The highest BCUT2D eigenvalue weighted by Crippen LogP contribution is 2.47. The number of fused-ring (bicyclic) bond motifs is 2. The van der Waals surface area contributed by atoms with Crippen molar-refractivity contribution in [2.45, 2.75) is 70.3 Å². The number of benzene rings is 2. The molecule has 0 aliphatic carbocycles. The maximum Gasteiger partial charge on any atom is 0.303 e. The Balaban J connectivity index is 1.49. The minimum Gasteiger partial charge on any atom is -0.481 e. The van der Waals surface area contributed by atoms with Crippen LogP contribution in [0, 0.1) is 0 Å². The second-order valence-corrected chi connectivity index (χ2v) is 11.1. The number of allylic oxidation sites excluding steroid dienone is 5. The molecule has 36 heavy (non-hydrogen) atoms. The van der Waals surface area contributed by atoms with Crippen molar-refractivity contribution < 1.29 is 9.90 Å². The summed E-state index contributed by atoms with van der Waals surface area (Å²) in [7, 11) is 2.15. The highest BCUT2D eigenvalue weighted by Gasteiger charge is 2.42. The largest absolute Gasteiger partial charge is 0.481 e. The SMILES string of the molecule is CN1/C(=C/C=C/C=C/C2N(CCCCCC(=O)O)c3ccccc3C2(C)C)C(C)(C)c2ccccc21. The van der Waals surface area contributed by atoms with E-state index in [1.807, 2.05) is 0 Å². The summed E-state index contributed by atoms with van der Waals surface area (Å²) >= 11 is 0. The highest BCUT2D eigenvalue weighted by atomic mass is 16.4. The van der Waals surface area contributed by atoms with Crippen LogP contribution in [0.5, 0.6) is 0 Å². The van der Waals surface area contributed by atoms with Crippen LogP contribution in [-0.4, -0.2) is 30.7 Å². The van der Waals surface area contributed by atoms with Gasteiger partial charge in [-0.05, 0) is 42.2 Å². The topological polar surface area (TPSA) is 43.8 Å². The second-order valence-electron chi connectivity index (χ2n) is 11.1. The molecule has 0 spiro atoms. The number of aliphatic carboxylic acids is 1. The Bertz CT molecular complexity index is 1190. The molecule has 2 heterocycles. The van der Waals surface area contributed by atoms with Crippen LogP contribution in [0.2, 0.25) is 0 Å². The van der Waals surface area contributed by atoms with Crippen LogP contribution >= 0.6 is 0 Å². The lowest BCUT2D eigenvalue weighted by Crippen LogP contribution is -2.40. The molecular formula is C32H40N2O2. The minimum atomic E-state index is -0.707. The average molecular weight is 485 g/mol. The normalized spacial score (nSPS) is 21.0. The molecule has 4 heteroatoms. The van der Waals surface area contributed by atoms with E-state index in [4.69, 9.17) is 5.11 Å². The number of para-hydroxylation sites is 2. The summed E-state index contributed by atoms with van der Waals surface area (Å²) in [5.74, 6) is -0.707. The summed E-state index contributed by atoms with van der Waals surface area (Å²) in [5, 5.41) is 8.93. The molecule has 1 N–H and O–H groups in total. The van der Waals surface area contributed by atoms with Gasteiger partial charge in [-0.15, -0.1) is 0 Å². The van der Waals surface area contributed by atoms with E-state index in [-0.39, 0.29) is 23.3 Å². The molecule has 0 aromatic heterocycles. The molecule has 0 amide bonds. The van der Waals surface area contributed by atoms with E-state index in [0.717, 1.165) is 25.8 Å². The molecule has 2 aromatic carbocycles. The molecule has 0 bridgehead atoms. The first-order valence-corrected chi connectivity index (χ1v) is 13.1. The number of carbonyl (C=O) groups is 1. The van der Waals surface area contributed by atoms with Crippen LogP contribution in [0.15, 0.2) is 84.6 Å². The monoisotopic (exact) mass is 484 g/mol. The summed E-state index contributed by atoms with van der Waals surface area (Å²) in [4.78, 5) is 15.7.